The molecule has 3 aromatic rings. The molecule has 2 N–H and O–H groups in total. The van der Waals surface area contributed by atoms with Crippen LogP contribution in [0.3, 0.4) is 0 Å². The average molecular weight is 558 g/mol. The number of sulfonamides is 1. The molecule has 1 fully saturated rings. The summed E-state index contributed by atoms with van der Waals surface area (Å²) >= 11 is 0. The fourth-order valence-electron chi connectivity index (χ4n) is 4.82. The van der Waals surface area contributed by atoms with E-state index in [0.29, 0.717) is 28.4 Å². The van der Waals surface area contributed by atoms with Gasteiger partial charge in [0, 0.05) is 10.9 Å². The number of nitrogens with one attached hydrogen (secondary N) is 2. The summed E-state index contributed by atoms with van der Waals surface area (Å²) in [5.41, 5.74) is 1.06. The van der Waals surface area contributed by atoms with Crippen LogP contribution in [-0.2, 0) is 19.6 Å². The van der Waals surface area contributed by atoms with E-state index < -0.39 is 50.4 Å². The molecule has 0 saturated carbocycles. The molecule has 0 aliphatic carbocycles. The van der Waals surface area contributed by atoms with Crippen molar-refractivity contribution in [1.82, 2.24) is 14.9 Å². The number of hydrogen-bond donors (Lipinski definition) is 2. The number of amides is 2. The number of aryl methyl sites for hydroxylation is 1. The quantitative estimate of drug-likeness (QED) is 0.434. The number of halogens is 1. The molecule has 39 heavy (non-hydrogen) atoms. The number of benzene rings is 2. The lowest BCUT2D eigenvalue weighted by Crippen LogP contribution is -2.56. The molecule has 2 aromatic carbocycles. The van der Waals surface area contributed by atoms with Gasteiger partial charge in [0.2, 0.25) is 0 Å². The minimum Gasteiger partial charge on any atom is -0.451 e. The summed E-state index contributed by atoms with van der Waals surface area (Å²) in [5, 5.41) is 6.30. The Labute approximate surface area is 226 Å². The van der Waals surface area contributed by atoms with Gasteiger partial charge in [-0.3, -0.25) is 14.4 Å². The van der Waals surface area contributed by atoms with Gasteiger partial charge >= 0.3 is 0 Å². The lowest BCUT2D eigenvalue weighted by Gasteiger charge is -2.33. The highest BCUT2D eigenvalue weighted by Gasteiger charge is 2.44. The first-order chi connectivity index (χ1) is 18.5. The number of Topliss-reactive ketones (excluding diaryl/α,β-unsaturated/α-hetero) is 1. The number of carbonyl (C=O) groups is 3. The van der Waals surface area contributed by atoms with Crippen molar-refractivity contribution in [3.63, 3.8) is 0 Å². The highest BCUT2D eigenvalue weighted by atomic mass is 32.2. The van der Waals surface area contributed by atoms with Gasteiger partial charge in [0.1, 0.15) is 28.4 Å². The predicted octanol–water partition coefficient (Wildman–Crippen LogP) is 3.56. The van der Waals surface area contributed by atoms with E-state index in [0.717, 1.165) is 17.5 Å². The third-order valence-corrected chi connectivity index (χ3v) is 8.58. The van der Waals surface area contributed by atoms with E-state index >= 15 is 0 Å². The zero-order chi connectivity index (χ0) is 28.3. The van der Waals surface area contributed by atoms with Crippen molar-refractivity contribution < 1.29 is 31.6 Å². The van der Waals surface area contributed by atoms with Crippen molar-refractivity contribution >= 4 is 38.6 Å². The fraction of sp³-hybridized carbons (Fsp3) is 0.393. The van der Waals surface area contributed by atoms with E-state index in [1.807, 2.05) is 19.9 Å². The first-order valence-electron chi connectivity index (χ1n) is 12.9. The van der Waals surface area contributed by atoms with E-state index in [1.54, 1.807) is 25.1 Å². The molecule has 2 amide bonds. The molecule has 0 bridgehead atoms. The zero-order valence-corrected chi connectivity index (χ0v) is 22.9. The van der Waals surface area contributed by atoms with Gasteiger partial charge in [-0.25, -0.2) is 17.1 Å². The van der Waals surface area contributed by atoms with Gasteiger partial charge in [-0.05, 0) is 56.8 Å². The molecule has 0 spiro atoms. The van der Waals surface area contributed by atoms with E-state index in [1.165, 1.54) is 12.1 Å². The molecule has 1 aliphatic rings. The lowest BCUT2D eigenvalue weighted by atomic mass is 10.0. The number of carbonyl (C=O) groups excluding carboxylic acids is 3. The molecular weight excluding hydrogens is 525 g/mol. The van der Waals surface area contributed by atoms with Gasteiger partial charge in [-0.2, -0.15) is 0 Å². The molecule has 9 nitrogen and oxygen atoms in total. The van der Waals surface area contributed by atoms with Crippen LogP contribution >= 0.6 is 0 Å². The maximum atomic E-state index is 14.7. The Kier molecular flexibility index (Phi) is 8.51. The highest BCUT2D eigenvalue weighted by Crippen LogP contribution is 2.28. The second-order valence-corrected chi connectivity index (χ2v) is 11.9. The van der Waals surface area contributed by atoms with Crippen LogP contribution in [0.15, 0.2) is 57.8 Å². The summed E-state index contributed by atoms with van der Waals surface area (Å²) in [4.78, 5) is 39.8. The Morgan fingerprint density at radius 2 is 1.85 bits per heavy atom. The smallest absolute Gasteiger partial charge is 0.287 e. The monoisotopic (exact) mass is 557 g/mol. The second-order valence-electron chi connectivity index (χ2n) is 10.1. The standard InChI is InChI=1S/C28H32FN3O6S/c1-17(2)15-21(31-27(34)26-18(3)19-9-4-6-12-24(19)38-26)28(35)32(22-11-8-14-30-16-23(22)33)39(36,37)25-13-7-5-10-20(25)29/h4-7,9-10,12-13,17,21-22,30H,8,11,14-16H2,1-3H3,(H,31,34)/t21-,22?/m0/s1. The van der Waals surface area contributed by atoms with Crippen molar-refractivity contribution in [3.05, 3.63) is 65.7 Å². The van der Waals surface area contributed by atoms with Gasteiger partial charge in [0.25, 0.3) is 21.8 Å². The summed E-state index contributed by atoms with van der Waals surface area (Å²) < 4.78 is 48.6. The van der Waals surface area contributed by atoms with E-state index in [9.17, 15) is 27.2 Å². The first-order valence-corrected chi connectivity index (χ1v) is 14.3. The van der Waals surface area contributed by atoms with Crippen LogP contribution in [0.2, 0.25) is 0 Å². The maximum absolute atomic E-state index is 14.7. The predicted molar refractivity (Wildman–Crippen MR) is 143 cm³/mol. The molecular formula is C28H32FN3O6S. The highest BCUT2D eigenvalue weighted by molar-refractivity contribution is 7.89. The summed E-state index contributed by atoms with van der Waals surface area (Å²) in [6, 6.07) is 9.12. The molecule has 0 radical (unpaired) electrons. The molecule has 208 valence electrons. The Hall–Kier alpha value is -3.57. The number of hydrogen-bond acceptors (Lipinski definition) is 7. The Morgan fingerprint density at radius 3 is 2.54 bits per heavy atom. The molecule has 11 heteroatoms. The first kappa shape index (κ1) is 28.4. The van der Waals surface area contributed by atoms with Crippen molar-refractivity contribution in [3.8, 4) is 0 Å². The van der Waals surface area contributed by atoms with Gasteiger partial charge in [0.15, 0.2) is 11.5 Å². The summed E-state index contributed by atoms with van der Waals surface area (Å²) in [5.74, 6) is -3.40. The zero-order valence-electron chi connectivity index (χ0n) is 22.1. The second kappa shape index (κ2) is 11.7. The van der Waals surface area contributed by atoms with E-state index in [-0.39, 0.29) is 31.1 Å². The molecule has 2 atom stereocenters. The third kappa shape index (κ3) is 5.89. The number of nitrogens with zero attached hydrogens (tertiary/aromatic N) is 1. The Morgan fingerprint density at radius 1 is 1.15 bits per heavy atom. The largest absolute Gasteiger partial charge is 0.451 e. The normalized spacial score (nSPS) is 17.2. The van der Waals surface area contributed by atoms with E-state index in [4.69, 9.17) is 4.42 Å². The van der Waals surface area contributed by atoms with Crippen LogP contribution in [0, 0.1) is 18.7 Å². The van der Waals surface area contributed by atoms with Gasteiger partial charge < -0.3 is 15.1 Å². The summed E-state index contributed by atoms with van der Waals surface area (Å²) in [6.45, 7) is 5.67. The van der Waals surface area contributed by atoms with Crippen LogP contribution in [0.25, 0.3) is 11.0 Å². The maximum Gasteiger partial charge on any atom is 0.287 e. The third-order valence-electron chi connectivity index (χ3n) is 6.74. The summed E-state index contributed by atoms with van der Waals surface area (Å²) in [7, 11) is -4.80. The number of furan rings is 1. The number of ketones is 1. The Balaban J connectivity index is 1.76. The minimum absolute atomic E-state index is 0.00369. The Bertz CT molecular complexity index is 1500. The van der Waals surface area contributed by atoms with Gasteiger partial charge in [-0.1, -0.05) is 44.2 Å². The van der Waals surface area contributed by atoms with Crippen LogP contribution in [0.4, 0.5) is 4.39 Å². The van der Waals surface area contributed by atoms with Crippen molar-refractivity contribution in [2.75, 3.05) is 13.1 Å². The topological polar surface area (TPSA) is 126 Å². The molecule has 1 unspecified atom stereocenters. The molecule has 1 aromatic heterocycles. The van der Waals surface area contributed by atoms with Crippen LogP contribution in [0.1, 0.15) is 49.2 Å². The van der Waals surface area contributed by atoms with Crippen molar-refractivity contribution in [2.45, 2.75) is 57.0 Å². The SMILES string of the molecule is Cc1c(C(=O)N[C@@H](CC(C)C)C(=O)N(C2CCCNCC2=O)S(=O)(=O)c2ccccc2F)oc2ccccc12. The van der Waals surface area contributed by atoms with E-state index in [2.05, 4.69) is 10.6 Å². The van der Waals surface area contributed by atoms with Crippen molar-refractivity contribution in [2.24, 2.45) is 5.92 Å². The average Bonchev–Trinajstić information content (AvgIpc) is 3.09. The van der Waals surface area contributed by atoms with Gasteiger partial charge in [-0.15, -0.1) is 0 Å². The van der Waals surface area contributed by atoms with Gasteiger partial charge in [0.05, 0.1) is 6.54 Å². The number of fused-ring (bicyclic) bond motifs is 1. The van der Waals surface area contributed by atoms with Crippen LogP contribution in [0.5, 0.6) is 0 Å². The number of para-hydroxylation sites is 1. The molecule has 1 aliphatic heterocycles. The lowest BCUT2D eigenvalue weighted by molar-refractivity contribution is -0.135. The van der Waals surface area contributed by atoms with Crippen molar-refractivity contribution in [1.29, 1.82) is 0 Å². The summed E-state index contributed by atoms with van der Waals surface area (Å²) in [6.07, 6.45) is 0.564. The molecule has 4 rings (SSSR count). The van der Waals surface area contributed by atoms with Crippen LogP contribution in [-0.4, -0.2) is 55.5 Å². The molecule has 1 saturated heterocycles. The van der Waals surface area contributed by atoms with Crippen LogP contribution < -0.4 is 10.6 Å². The fourth-order valence-corrected chi connectivity index (χ4v) is 6.52. The minimum atomic E-state index is -4.80. The number of rotatable bonds is 8. The molecule has 2 heterocycles.